The van der Waals surface area contributed by atoms with Gasteiger partial charge in [0.05, 0.1) is 12.0 Å². The Morgan fingerprint density at radius 1 is 1.12 bits per heavy atom. The quantitative estimate of drug-likeness (QED) is 0.906. The minimum absolute atomic E-state index is 0.0732. The third-order valence-corrected chi connectivity index (χ3v) is 3.72. The summed E-state index contributed by atoms with van der Waals surface area (Å²) in [4.78, 5) is 23.3. The van der Waals surface area contributed by atoms with Crippen molar-refractivity contribution in [1.82, 2.24) is 5.32 Å². The van der Waals surface area contributed by atoms with Crippen LogP contribution < -0.4 is 10.6 Å². The number of fused-ring (bicyclic) bond motifs is 1. The van der Waals surface area contributed by atoms with E-state index in [0.717, 1.165) is 41.1 Å². The first kappa shape index (κ1) is 16.0. The highest BCUT2D eigenvalue weighted by Crippen LogP contribution is 2.29. The molecular weight excluding hydrogens is 321 g/mol. The third-order valence-electron chi connectivity index (χ3n) is 3.72. The molecule has 2 amide bonds. The summed E-state index contributed by atoms with van der Waals surface area (Å²) in [5.74, 6) is -0.533. The number of halogens is 3. The van der Waals surface area contributed by atoms with Gasteiger partial charge in [0.1, 0.15) is 0 Å². The zero-order valence-corrected chi connectivity index (χ0v) is 12.4. The Labute approximate surface area is 135 Å². The van der Waals surface area contributed by atoms with E-state index >= 15 is 0 Å². The van der Waals surface area contributed by atoms with Gasteiger partial charge in [-0.25, -0.2) is 0 Å². The highest BCUT2D eigenvalue weighted by atomic mass is 19.4. The summed E-state index contributed by atoms with van der Waals surface area (Å²) in [7, 11) is 0. The smallest absolute Gasteiger partial charge is 0.348 e. The second kappa shape index (κ2) is 5.99. The number of anilines is 1. The molecule has 0 radical (unpaired) electrons. The summed E-state index contributed by atoms with van der Waals surface area (Å²) in [6.07, 6.45) is -4.12. The van der Waals surface area contributed by atoms with Gasteiger partial charge in [-0.2, -0.15) is 13.2 Å². The molecule has 0 atom stereocenters. The van der Waals surface area contributed by atoms with Crippen molar-refractivity contribution in [2.45, 2.75) is 19.1 Å². The molecule has 2 aromatic carbocycles. The van der Waals surface area contributed by atoms with Gasteiger partial charge in [-0.05, 0) is 41.5 Å². The zero-order valence-electron chi connectivity index (χ0n) is 12.4. The van der Waals surface area contributed by atoms with Crippen LogP contribution in [0.1, 0.15) is 27.0 Å². The third kappa shape index (κ3) is 3.40. The largest absolute Gasteiger partial charge is 0.416 e. The molecule has 7 heteroatoms. The van der Waals surface area contributed by atoms with Crippen molar-refractivity contribution in [2.24, 2.45) is 0 Å². The predicted octanol–water partition coefficient (Wildman–Crippen LogP) is 3.13. The van der Waals surface area contributed by atoms with Gasteiger partial charge in [-0.1, -0.05) is 12.1 Å². The van der Waals surface area contributed by atoms with Crippen LogP contribution in [0.5, 0.6) is 0 Å². The molecule has 1 aliphatic heterocycles. The monoisotopic (exact) mass is 334 g/mol. The molecule has 2 aromatic rings. The summed E-state index contributed by atoms with van der Waals surface area (Å²) < 4.78 is 37.5. The standard InChI is InChI=1S/C17H13F3N2O2/c18-17(19,20)13-4-2-11(3-5-13)16(24)21-9-10-1-6-14-12(7-10)8-15(23)22-14/h1-7H,8-9H2,(H,21,24)(H,22,23). The molecule has 2 N–H and O–H groups in total. The number of hydrogen-bond donors (Lipinski definition) is 2. The molecule has 24 heavy (non-hydrogen) atoms. The normalized spacial score (nSPS) is 13.4. The lowest BCUT2D eigenvalue weighted by Crippen LogP contribution is -2.23. The minimum Gasteiger partial charge on any atom is -0.348 e. The number of nitrogens with one attached hydrogen (secondary N) is 2. The van der Waals surface area contributed by atoms with E-state index in [9.17, 15) is 22.8 Å². The van der Waals surface area contributed by atoms with Crippen LogP contribution in [0.15, 0.2) is 42.5 Å². The Kier molecular flexibility index (Phi) is 4.01. The molecule has 0 aliphatic carbocycles. The van der Waals surface area contributed by atoms with Crippen molar-refractivity contribution < 1.29 is 22.8 Å². The molecule has 0 saturated carbocycles. The van der Waals surface area contributed by atoms with Crippen molar-refractivity contribution in [1.29, 1.82) is 0 Å². The number of alkyl halides is 3. The van der Waals surface area contributed by atoms with Crippen LogP contribution in [0.4, 0.5) is 18.9 Å². The van der Waals surface area contributed by atoms with Crippen molar-refractivity contribution in [3.05, 3.63) is 64.7 Å². The number of hydrogen-bond acceptors (Lipinski definition) is 2. The summed E-state index contributed by atoms with van der Waals surface area (Å²) >= 11 is 0. The molecule has 4 nitrogen and oxygen atoms in total. The molecule has 1 heterocycles. The van der Waals surface area contributed by atoms with Crippen LogP contribution in [0.3, 0.4) is 0 Å². The average molecular weight is 334 g/mol. The zero-order chi connectivity index (χ0) is 17.3. The first-order valence-electron chi connectivity index (χ1n) is 7.20. The summed E-state index contributed by atoms with van der Waals surface area (Å²) in [6.45, 7) is 0.224. The molecule has 124 valence electrons. The fourth-order valence-electron chi connectivity index (χ4n) is 2.49. The number of benzene rings is 2. The molecular formula is C17H13F3N2O2. The molecule has 0 spiro atoms. The summed E-state index contributed by atoms with van der Waals surface area (Å²) in [5, 5.41) is 5.36. The van der Waals surface area contributed by atoms with Crippen LogP contribution >= 0.6 is 0 Å². The lowest BCUT2D eigenvalue weighted by atomic mass is 10.1. The number of carbonyl (C=O) groups is 2. The second-order valence-corrected chi connectivity index (χ2v) is 5.47. The van der Waals surface area contributed by atoms with Crippen LogP contribution in [0, 0.1) is 0 Å². The second-order valence-electron chi connectivity index (χ2n) is 5.47. The van der Waals surface area contributed by atoms with Crippen LogP contribution in [-0.2, 0) is 23.9 Å². The van der Waals surface area contributed by atoms with E-state index in [4.69, 9.17) is 0 Å². The maximum absolute atomic E-state index is 12.5. The predicted molar refractivity (Wildman–Crippen MR) is 81.4 cm³/mol. The van der Waals surface area contributed by atoms with Crippen molar-refractivity contribution >= 4 is 17.5 Å². The van der Waals surface area contributed by atoms with Gasteiger partial charge in [0.15, 0.2) is 0 Å². The van der Waals surface area contributed by atoms with Gasteiger partial charge >= 0.3 is 6.18 Å². The van der Waals surface area contributed by atoms with E-state index in [1.807, 2.05) is 6.07 Å². The Morgan fingerprint density at radius 2 is 1.83 bits per heavy atom. The molecule has 3 rings (SSSR count). The maximum atomic E-state index is 12.5. The fourth-order valence-corrected chi connectivity index (χ4v) is 2.49. The van der Waals surface area contributed by atoms with Crippen LogP contribution in [0.2, 0.25) is 0 Å². The van der Waals surface area contributed by atoms with E-state index in [1.54, 1.807) is 12.1 Å². The van der Waals surface area contributed by atoms with Crippen LogP contribution in [0.25, 0.3) is 0 Å². The average Bonchev–Trinajstić information content (AvgIpc) is 2.91. The van der Waals surface area contributed by atoms with Crippen molar-refractivity contribution in [3.8, 4) is 0 Å². The van der Waals surface area contributed by atoms with Gasteiger partial charge < -0.3 is 10.6 Å². The summed E-state index contributed by atoms with van der Waals surface area (Å²) in [6, 6.07) is 9.40. The number of rotatable bonds is 3. The highest BCUT2D eigenvalue weighted by molar-refractivity contribution is 5.99. The lowest BCUT2D eigenvalue weighted by molar-refractivity contribution is -0.137. The maximum Gasteiger partial charge on any atom is 0.416 e. The van der Waals surface area contributed by atoms with Gasteiger partial charge in [0.25, 0.3) is 5.91 Å². The number of amides is 2. The van der Waals surface area contributed by atoms with E-state index in [-0.39, 0.29) is 18.0 Å². The minimum atomic E-state index is -4.43. The Bertz CT molecular complexity index is 798. The SMILES string of the molecule is O=C1Cc2cc(CNC(=O)c3ccc(C(F)(F)F)cc3)ccc2N1. The van der Waals surface area contributed by atoms with E-state index < -0.39 is 17.6 Å². The van der Waals surface area contributed by atoms with E-state index in [0.29, 0.717) is 6.42 Å². The first-order valence-corrected chi connectivity index (χ1v) is 7.20. The lowest BCUT2D eigenvalue weighted by Gasteiger charge is -2.09. The molecule has 0 unspecified atom stereocenters. The molecule has 0 bridgehead atoms. The molecule has 0 aromatic heterocycles. The number of carbonyl (C=O) groups excluding carboxylic acids is 2. The van der Waals surface area contributed by atoms with E-state index in [1.165, 1.54) is 0 Å². The molecule has 0 fully saturated rings. The van der Waals surface area contributed by atoms with Gasteiger partial charge in [0, 0.05) is 17.8 Å². The fraction of sp³-hybridized carbons (Fsp3) is 0.176. The van der Waals surface area contributed by atoms with Crippen LogP contribution in [-0.4, -0.2) is 11.8 Å². The Balaban J connectivity index is 1.64. The molecule has 0 saturated heterocycles. The topological polar surface area (TPSA) is 58.2 Å². The van der Waals surface area contributed by atoms with Gasteiger partial charge in [0.2, 0.25) is 5.91 Å². The first-order chi connectivity index (χ1) is 11.3. The van der Waals surface area contributed by atoms with E-state index in [2.05, 4.69) is 10.6 Å². The van der Waals surface area contributed by atoms with Crippen molar-refractivity contribution in [2.75, 3.05) is 5.32 Å². The summed E-state index contributed by atoms with van der Waals surface area (Å²) in [5.41, 5.74) is 1.79. The molecule has 1 aliphatic rings. The Hall–Kier alpha value is -2.83. The Morgan fingerprint density at radius 3 is 2.50 bits per heavy atom. The van der Waals surface area contributed by atoms with Crippen molar-refractivity contribution in [3.63, 3.8) is 0 Å². The highest BCUT2D eigenvalue weighted by Gasteiger charge is 2.30. The van der Waals surface area contributed by atoms with Gasteiger partial charge in [-0.3, -0.25) is 9.59 Å². The van der Waals surface area contributed by atoms with Gasteiger partial charge in [-0.15, -0.1) is 0 Å².